The topological polar surface area (TPSA) is 29.3 Å². The van der Waals surface area contributed by atoms with Crippen molar-refractivity contribution in [3.63, 3.8) is 0 Å². The van der Waals surface area contributed by atoms with Gasteiger partial charge in [-0.05, 0) is 60.6 Å². The fraction of sp³-hybridized carbons (Fsp3) is 0.733. The van der Waals surface area contributed by atoms with Crippen LogP contribution in [0.5, 0.6) is 0 Å². The van der Waals surface area contributed by atoms with Crippen LogP contribution in [-0.4, -0.2) is 24.5 Å². The van der Waals surface area contributed by atoms with E-state index in [1.807, 2.05) is 11.3 Å². The summed E-state index contributed by atoms with van der Waals surface area (Å²) in [5.74, 6) is 0.955. The van der Waals surface area contributed by atoms with Gasteiger partial charge in [0, 0.05) is 27.3 Å². The molecule has 0 saturated heterocycles. The lowest BCUT2D eigenvalue weighted by molar-refractivity contribution is 0.123. The maximum atomic E-state index is 6.02. The molecule has 2 rings (SSSR count). The normalized spacial score (nSPS) is 25.7. The van der Waals surface area contributed by atoms with E-state index in [0.29, 0.717) is 18.6 Å². The first-order valence-corrected chi connectivity index (χ1v) is 8.98. The molecule has 2 nitrogen and oxygen atoms in total. The number of nitrogens with two attached hydrogens (primary N) is 1. The third kappa shape index (κ3) is 3.81. The molecule has 19 heavy (non-hydrogen) atoms. The Labute approximate surface area is 129 Å². The van der Waals surface area contributed by atoms with Crippen molar-refractivity contribution in [2.24, 2.45) is 11.7 Å². The van der Waals surface area contributed by atoms with E-state index < -0.39 is 0 Å². The van der Waals surface area contributed by atoms with Crippen LogP contribution in [0, 0.1) is 5.92 Å². The summed E-state index contributed by atoms with van der Waals surface area (Å²) in [7, 11) is 2.25. The molecule has 1 aromatic rings. The van der Waals surface area contributed by atoms with E-state index in [1.54, 1.807) is 0 Å². The van der Waals surface area contributed by atoms with E-state index in [2.05, 4.69) is 46.2 Å². The second kappa shape index (κ2) is 7.21. The van der Waals surface area contributed by atoms with Gasteiger partial charge in [0.05, 0.1) is 6.04 Å². The van der Waals surface area contributed by atoms with E-state index >= 15 is 0 Å². The maximum Gasteiger partial charge on any atom is 0.0564 e. The average Bonchev–Trinajstić information content (AvgIpc) is 2.86. The molecule has 1 atom stereocenters. The standard InChI is InChI=1S/C15H25BrN2S/c1-3-11-4-6-13(7-5-11)18(2)14(9-17)15-8-12(16)10-19-15/h8,10-11,13-14H,3-7,9,17H2,1-2H3. The number of hydrogen-bond donors (Lipinski definition) is 1. The van der Waals surface area contributed by atoms with Crippen LogP contribution in [0.3, 0.4) is 0 Å². The van der Waals surface area contributed by atoms with Crippen molar-refractivity contribution in [2.75, 3.05) is 13.6 Å². The Morgan fingerprint density at radius 2 is 2.11 bits per heavy atom. The molecule has 1 aliphatic carbocycles. The van der Waals surface area contributed by atoms with Gasteiger partial charge in [-0.25, -0.2) is 0 Å². The summed E-state index contributed by atoms with van der Waals surface area (Å²) in [6, 6.07) is 3.30. The molecule has 0 aromatic carbocycles. The summed E-state index contributed by atoms with van der Waals surface area (Å²) in [6.45, 7) is 3.03. The Bertz CT molecular complexity index is 385. The molecule has 108 valence electrons. The Morgan fingerprint density at radius 3 is 2.58 bits per heavy atom. The van der Waals surface area contributed by atoms with Crippen LogP contribution in [0.25, 0.3) is 0 Å². The van der Waals surface area contributed by atoms with Gasteiger partial charge >= 0.3 is 0 Å². The summed E-state index contributed by atoms with van der Waals surface area (Å²) < 4.78 is 1.18. The molecule has 0 aliphatic heterocycles. The molecule has 0 bridgehead atoms. The highest BCUT2D eigenvalue weighted by molar-refractivity contribution is 9.10. The smallest absolute Gasteiger partial charge is 0.0564 e. The number of hydrogen-bond acceptors (Lipinski definition) is 3. The van der Waals surface area contributed by atoms with Gasteiger partial charge in [-0.15, -0.1) is 11.3 Å². The predicted molar refractivity (Wildman–Crippen MR) is 87.6 cm³/mol. The lowest BCUT2D eigenvalue weighted by atomic mass is 9.83. The van der Waals surface area contributed by atoms with Gasteiger partial charge in [-0.2, -0.15) is 0 Å². The third-order valence-corrected chi connectivity index (χ3v) is 6.40. The summed E-state index contributed by atoms with van der Waals surface area (Å²) in [5.41, 5.74) is 6.02. The van der Waals surface area contributed by atoms with Crippen LogP contribution in [0.4, 0.5) is 0 Å². The van der Waals surface area contributed by atoms with Gasteiger partial charge in [0.25, 0.3) is 0 Å². The Kier molecular flexibility index (Phi) is 5.87. The van der Waals surface area contributed by atoms with E-state index in [0.717, 1.165) is 5.92 Å². The molecule has 0 spiro atoms. The summed E-state index contributed by atoms with van der Waals surface area (Å²) in [4.78, 5) is 3.90. The van der Waals surface area contributed by atoms with Crippen molar-refractivity contribution in [1.29, 1.82) is 0 Å². The molecular weight excluding hydrogens is 320 g/mol. The van der Waals surface area contributed by atoms with Gasteiger partial charge in [-0.1, -0.05) is 13.3 Å². The summed E-state index contributed by atoms with van der Waals surface area (Å²) >= 11 is 5.35. The van der Waals surface area contributed by atoms with E-state index in [4.69, 9.17) is 5.73 Å². The highest BCUT2D eigenvalue weighted by Gasteiger charge is 2.28. The zero-order valence-electron chi connectivity index (χ0n) is 11.9. The largest absolute Gasteiger partial charge is 0.329 e. The molecule has 1 heterocycles. The first-order valence-electron chi connectivity index (χ1n) is 7.31. The summed E-state index contributed by atoms with van der Waals surface area (Å²) in [5, 5.41) is 2.15. The van der Waals surface area contributed by atoms with Crippen LogP contribution >= 0.6 is 27.3 Å². The third-order valence-electron chi connectivity index (χ3n) is 4.60. The summed E-state index contributed by atoms with van der Waals surface area (Å²) in [6.07, 6.45) is 6.78. The molecule has 0 amide bonds. The van der Waals surface area contributed by atoms with Crippen molar-refractivity contribution in [3.05, 3.63) is 20.8 Å². The Balaban J connectivity index is 1.99. The van der Waals surface area contributed by atoms with Gasteiger partial charge in [-0.3, -0.25) is 4.90 Å². The minimum Gasteiger partial charge on any atom is -0.329 e. The monoisotopic (exact) mass is 344 g/mol. The van der Waals surface area contributed by atoms with Gasteiger partial charge < -0.3 is 5.73 Å². The van der Waals surface area contributed by atoms with Crippen LogP contribution in [0.1, 0.15) is 49.9 Å². The minimum absolute atomic E-state index is 0.375. The molecule has 1 fully saturated rings. The maximum absolute atomic E-state index is 6.02. The zero-order valence-corrected chi connectivity index (χ0v) is 14.3. The lowest BCUT2D eigenvalue weighted by Gasteiger charge is -2.38. The zero-order chi connectivity index (χ0) is 13.8. The van der Waals surface area contributed by atoms with Crippen LogP contribution < -0.4 is 5.73 Å². The fourth-order valence-corrected chi connectivity index (χ4v) is 4.81. The van der Waals surface area contributed by atoms with Crippen molar-refractivity contribution >= 4 is 27.3 Å². The van der Waals surface area contributed by atoms with Crippen molar-refractivity contribution in [3.8, 4) is 0 Å². The molecular formula is C15H25BrN2S. The number of halogens is 1. The SMILES string of the molecule is CCC1CCC(N(C)C(CN)c2cc(Br)cs2)CC1. The van der Waals surface area contributed by atoms with Gasteiger partial charge in [0.1, 0.15) is 0 Å². The number of rotatable bonds is 5. The van der Waals surface area contributed by atoms with Crippen molar-refractivity contribution < 1.29 is 0 Å². The Hall–Kier alpha value is 0.1000. The molecule has 1 aromatic heterocycles. The van der Waals surface area contributed by atoms with Gasteiger partial charge in [0.15, 0.2) is 0 Å². The highest BCUT2D eigenvalue weighted by Crippen LogP contribution is 2.34. The van der Waals surface area contributed by atoms with E-state index in [9.17, 15) is 0 Å². The first-order chi connectivity index (χ1) is 9.15. The molecule has 0 radical (unpaired) electrons. The highest BCUT2D eigenvalue weighted by atomic mass is 79.9. The number of thiophene rings is 1. The average molecular weight is 345 g/mol. The molecule has 1 saturated carbocycles. The van der Waals surface area contributed by atoms with Crippen molar-refractivity contribution in [2.45, 2.75) is 51.1 Å². The van der Waals surface area contributed by atoms with Crippen LogP contribution in [0.2, 0.25) is 0 Å². The molecule has 2 N–H and O–H groups in total. The predicted octanol–water partition coefficient (Wildman–Crippen LogP) is 4.41. The van der Waals surface area contributed by atoms with E-state index in [-0.39, 0.29) is 0 Å². The Morgan fingerprint density at radius 1 is 1.42 bits per heavy atom. The number of nitrogens with zero attached hydrogens (tertiary/aromatic N) is 1. The van der Waals surface area contributed by atoms with Crippen LogP contribution in [0.15, 0.2) is 15.9 Å². The molecule has 1 aliphatic rings. The van der Waals surface area contributed by atoms with Crippen LogP contribution in [-0.2, 0) is 0 Å². The second-order valence-corrected chi connectivity index (χ2v) is 7.53. The second-order valence-electron chi connectivity index (χ2n) is 5.67. The van der Waals surface area contributed by atoms with E-state index in [1.165, 1.54) is 41.5 Å². The lowest BCUT2D eigenvalue weighted by Crippen LogP contribution is -2.40. The molecule has 4 heteroatoms. The fourth-order valence-electron chi connectivity index (χ4n) is 3.20. The number of likely N-dealkylation sites (N-methyl/N-ethyl adjacent to an activating group) is 1. The molecule has 1 unspecified atom stereocenters. The first kappa shape index (κ1) is 15.5. The quantitative estimate of drug-likeness (QED) is 0.856. The van der Waals surface area contributed by atoms with Crippen molar-refractivity contribution in [1.82, 2.24) is 4.90 Å². The minimum atomic E-state index is 0.375. The van der Waals surface area contributed by atoms with Gasteiger partial charge in [0.2, 0.25) is 0 Å².